The lowest BCUT2D eigenvalue weighted by molar-refractivity contribution is -0.137. The van der Waals surface area contributed by atoms with Crippen LogP contribution in [0.25, 0.3) is 21.5 Å². The van der Waals surface area contributed by atoms with Crippen LogP contribution in [0.1, 0.15) is 39.9 Å². The van der Waals surface area contributed by atoms with Crippen LogP contribution in [-0.4, -0.2) is 71.8 Å². The molecular weight excluding hydrogens is 682 g/mol. The van der Waals surface area contributed by atoms with Crippen molar-refractivity contribution >= 4 is 27.5 Å². The van der Waals surface area contributed by atoms with E-state index in [1.807, 2.05) is 56.2 Å². The van der Waals surface area contributed by atoms with Crippen molar-refractivity contribution in [2.45, 2.75) is 45.3 Å². The molecule has 0 aliphatic rings. The van der Waals surface area contributed by atoms with Crippen LogP contribution in [0.5, 0.6) is 0 Å². The summed E-state index contributed by atoms with van der Waals surface area (Å²) in [5.74, 6) is 0.962. The van der Waals surface area contributed by atoms with E-state index in [9.17, 15) is 13.2 Å². The summed E-state index contributed by atoms with van der Waals surface area (Å²) in [6.07, 6.45) is -1.65. The molecule has 6 rings (SSSR count). The lowest BCUT2D eigenvalue weighted by Gasteiger charge is -2.25. The number of benzene rings is 5. The molecule has 0 bridgehead atoms. The van der Waals surface area contributed by atoms with Crippen LogP contribution < -0.4 is 0 Å². The number of aromatic nitrogens is 1. The van der Waals surface area contributed by atoms with Crippen LogP contribution in [-0.2, 0) is 38.9 Å². The molecule has 0 unspecified atom stereocenters. The molecule has 5 aromatic carbocycles. The largest absolute Gasteiger partial charge is 0.416 e. The van der Waals surface area contributed by atoms with E-state index in [2.05, 4.69) is 93.6 Å². The third-order valence-corrected chi connectivity index (χ3v) is 9.54. The molecule has 0 N–H and O–H groups in total. The maximum Gasteiger partial charge on any atom is 0.416 e. The molecule has 0 atom stereocenters. The first-order valence-electron chi connectivity index (χ1n) is 18.4. The van der Waals surface area contributed by atoms with E-state index in [1.54, 1.807) is 18.3 Å². The number of guanidine groups is 1. The molecule has 0 saturated carbocycles. The average molecular weight is 731 g/mol. The smallest absolute Gasteiger partial charge is 0.349 e. The minimum atomic E-state index is -4.36. The van der Waals surface area contributed by atoms with Gasteiger partial charge in [0.2, 0.25) is 0 Å². The van der Waals surface area contributed by atoms with Crippen molar-refractivity contribution in [3.63, 3.8) is 0 Å². The van der Waals surface area contributed by atoms with Crippen molar-refractivity contribution in [2.24, 2.45) is 4.99 Å². The maximum absolute atomic E-state index is 13.2. The highest BCUT2D eigenvalue weighted by Gasteiger charge is 2.30. The third-order valence-electron chi connectivity index (χ3n) is 9.54. The van der Waals surface area contributed by atoms with Crippen LogP contribution in [0.3, 0.4) is 0 Å². The Labute approximate surface area is 317 Å². The Kier molecular flexibility index (Phi) is 12.6. The number of fused-ring (bicyclic) bond motifs is 2. The summed E-state index contributed by atoms with van der Waals surface area (Å²) in [5, 5.41) is 4.86. The second-order valence-electron chi connectivity index (χ2n) is 14.3. The van der Waals surface area contributed by atoms with Gasteiger partial charge in [-0.3, -0.25) is 19.8 Å². The van der Waals surface area contributed by atoms with Gasteiger partial charge in [-0.2, -0.15) is 13.2 Å². The molecule has 280 valence electrons. The molecule has 54 heavy (non-hydrogen) atoms. The number of hydrogen-bond donors (Lipinski definition) is 0. The lowest BCUT2D eigenvalue weighted by atomic mass is 10.0. The first-order chi connectivity index (χ1) is 26.0. The summed E-state index contributed by atoms with van der Waals surface area (Å²) in [5.41, 5.74) is 4.79. The van der Waals surface area contributed by atoms with Crippen LogP contribution in [0.4, 0.5) is 13.2 Å². The van der Waals surface area contributed by atoms with Gasteiger partial charge in [-0.1, -0.05) is 84.9 Å². The number of alkyl halides is 3. The minimum Gasteiger partial charge on any atom is -0.349 e. The highest BCUT2D eigenvalue weighted by Crippen LogP contribution is 2.30. The standard InChI is InChI=1S/C45H49F3N6/c1-51(2)44(52(3)4)50-25-10-26-53(32-40-13-9-12-37-11-5-6-15-43(37)40)30-35-16-20-39-28-36(17-21-38(39)27-35)31-54(33-42-14-7-8-24-49-42)29-34-18-22-41(23-19-34)45(46,47)48/h5-9,11-24,27-28H,10,25-26,29-33H2,1-4H3. The molecule has 0 aliphatic heterocycles. The Morgan fingerprint density at radius 1 is 0.593 bits per heavy atom. The van der Waals surface area contributed by atoms with Crippen molar-refractivity contribution in [3.05, 3.63) is 161 Å². The number of aliphatic imine (C=N–C) groups is 1. The van der Waals surface area contributed by atoms with Gasteiger partial charge < -0.3 is 9.80 Å². The van der Waals surface area contributed by atoms with Gasteiger partial charge in [0, 0.05) is 80.2 Å². The molecule has 1 aromatic heterocycles. The van der Waals surface area contributed by atoms with Crippen molar-refractivity contribution in [3.8, 4) is 0 Å². The minimum absolute atomic E-state index is 0.495. The molecule has 6 nitrogen and oxygen atoms in total. The third kappa shape index (κ3) is 10.5. The van der Waals surface area contributed by atoms with Gasteiger partial charge in [-0.15, -0.1) is 0 Å². The Morgan fingerprint density at radius 2 is 1.20 bits per heavy atom. The second-order valence-corrected chi connectivity index (χ2v) is 14.3. The normalized spacial score (nSPS) is 11.8. The molecule has 0 amide bonds. The van der Waals surface area contributed by atoms with Crippen LogP contribution in [0.2, 0.25) is 0 Å². The highest BCUT2D eigenvalue weighted by atomic mass is 19.4. The first-order valence-corrected chi connectivity index (χ1v) is 18.4. The number of hydrogen-bond acceptors (Lipinski definition) is 4. The summed E-state index contributed by atoms with van der Waals surface area (Å²) in [4.78, 5) is 18.2. The zero-order valence-corrected chi connectivity index (χ0v) is 31.6. The molecule has 0 fully saturated rings. The molecule has 6 aromatic rings. The fraction of sp³-hybridized carbons (Fsp3) is 0.289. The quantitative estimate of drug-likeness (QED) is 0.0635. The van der Waals surface area contributed by atoms with Crippen LogP contribution in [0.15, 0.2) is 133 Å². The number of nitrogens with zero attached hydrogens (tertiary/aromatic N) is 6. The molecule has 0 radical (unpaired) electrons. The average Bonchev–Trinajstić information content (AvgIpc) is 3.15. The topological polar surface area (TPSA) is 38.2 Å². The van der Waals surface area contributed by atoms with Crippen molar-refractivity contribution < 1.29 is 13.2 Å². The monoisotopic (exact) mass is 730 g/mol. The maximum atomic E-state index is 13.2. The van der Waals surface area contributed by atoms with E-state index in [-0.39, 0.29) is 0 Å². The molecule has 9 heteroatoms. The van der Waals surface area contributed by atoms with Gasteiger partial charge in [-0.05, 0) is 86.6 Å². The van der Waals surface area contributed by atoms with E-state index in [1.165, 1.54) is 27.3 Å². The lowest BCUT2D eigenvalue weighted by Crippen LogP contribution is -2.35. The predicted octanol–water partition coefficient (Wildman–Crippen LogP) is 9.48. The fourth-order valence-electron chi connectivity index (χ4n) is 7.05. The summed E-state index contributed by atoms with van der Waals surface area (Å²) in [6.45, 7) is 4.99. The van der Waals surface area contributed by atoms with E-state index >= 15 is 0 Å². The summed E-state index contributed by atoms with van der Waals surface area (Å²) < 4.78 is 39.6. The van der Waals surface area contributed by atoms with E-state index in [0.717, 1.165) is 72.9 Å². The number of halogens is 3. The Morgan fingerprint density at radius 3 is 1.85 bits per heavy atom. The molecule has 0 spiro atoms. The fourth-order valence-corrected chi connectivity index (χ4v) is 7.05. The molecule has 0 saturated heterocycles. The van der Waals surface area contributed by atoms with Gasteiger partial charge in [0.25, 0.3) is 0 Å². The van der Waals surface area contributed by atoms with Gasteiger partial charge in [-0.25, -0.2) is 0 Å². The van der Waals surface area contributed by atoms with E-state index in [0.29, 0.717) is 19.6 Å². The zero-order valence-electron chi connectivity index (χ0n) is 31.6. The Bertz CT molecular complexity index is 2130. The summed E-state index contributed by atoms with van der Waals surface area (Å²) in [7, 11) is 8.09. The molecular formula is C45H49F3N6. The number of pyridine rings is 1. The van der Waals surface area contributed by atoms with Gasteiger partial charge in [0.05, 0.1) is 11.3 Å². The Balaban J connectivity index is 1.19. The second kappa shape index (κ2) is 17.7. The van der Waals surface area contributed by atoms with Gasteiger partial charge >= 0.3 is 6.18 Å². The highest BCUT2D eigenvalue weighted by molar-refractivity contribution is 5.86. The molecule has 0 aliphatic carbocycles. The van der Waals surface area contributed by atoms with E-state index < -0.39 is 11.7 Å². The van der Waals surface area contributed by atoms with Crippen molar-refractivity contribution in [1.29, 1.82) is 0 Å². The van der Waals surface area contributed by atoms with E-state index in [4.69, 9.17) is 4.99 Å². The van der Waals surface area contributed by atoms with Crippen molar-refractivity contribution in [2.75, 3.05) is 41.3 Å². The van der Waals surface area contributed by atoms with Crippen LogP contribution in [0, 0.1) is 0 Å². The van der Waals surface area contributed by atoms with Crippen molar-refractivity contribution in [1.82, 2.24) is 24.6 Å². The van der Waals surface area contributed by atoms with Gasteiger partial charge in [0.15, 0.2) is 5.96 Å². The first kappa shape index (κ1) is 38.5. The predicted molar refractivity (Wildman–Crippen MR) is 215 cm³/mol. The summed E-state index contributed by atoms with van der Waals surface area (Å²) in [6, 6.07) is 39.7. The van der Waals surface area contributed by atoms with Gasteiger partial charge in [0.1, 0.15) is 0 Å². The summed E-state index contributed by atoms with van der Waals surface area (Å²) >= 11 is 0. The van der Waals surface area contributed by atoms with Crippen LogP contribution >= 0.6 is 0 Å². The number of rotatable bonds is 14. The SMILES string of the molecule is CN(C)C(=NCCCN(Cc1ccc2cc(CN(Cc3ccc(C(F)(F)F)cc3)Cc3ccccn3)ccc2c1)Cc1cccc2ccccc12)N(C)C. The molecule has 1 heterocycles. The zero-order chi connectivity index (χ0) is 38.1. The Hall–Kier alpha value is -5.25.